The van der Waals surface area contributed by atoms with E-state index >= 15 is 0 Å². The van der Waals surface area contributed by atoms with Crippen LogP contribution in [0.5, 0.6) is 0 Å². The molecule has 6 heteroatoms. The van der Waals surface area contributed by atoms with Crippen LogP contribution in [0.2, 0.25) is 0 Å². The molecule has 1 fully saturated rings. The molecule has 0 bridgehead atoms. The van der Waals surface area contributed by atoms with Crippen molar-refractivity contribution in [3.8, 4) is 0 Å². The summed E-state index contributed by atoms with van der Waals surface area (Å²) >= 11 is 1.72. The summed E-state index contributed by atoms with van der Waals surface area (Å²) in [6, 6.07) is 0.104. The van der Waals surface area contributed by atoms with Crippen LogP contribution in [0.3, 0.4) is 0 Å². The number of hydrogen-bond acceptors (Lipinski definition) is 5. The average molecular weight is 294 g/mol. The van der Waals surface area contributed by atoms with Crippen molar-refractivity contribution in [3.05, 3.63) is 0 Å². The number of sulfone groups is 1. The molecule has 4 nitrogen and oxygen atoms in total. The first-order valence-electron chi connectivity index (χ1n) is 6.38. The first-order valence-corrected chi connectivity index (χ1v) is 9.49. The van der Waals surface area contributed by atoms with Gasteiger partial charge in [-0.25, -0.2) is 8.42 Å². The van der Waals surface area contributed by atoms with E-state index in [1.54, 1.807) is 11.8 Å². The normalized spacial score (nSPS) is 25.1. The Labute approximate surface area is 116 Å². The van der Waals surface area contributed by atoms with Gasteiger partial charge in [-0.05, 0) is 11.8 Å². The third-order valence-electron chi connectivity index (χ3n) is 3.52. The van der Waals surface area contributed by atoms with Crippen molar-refractivity contribution in [1.82, 2.24) is 4.90 Å². The van der Waals surface area contributed by atoms with Crippen LogP contribution >= 0.6 is 11.8 Å². The van der Waals surface area contributed by atoms with Crippen LogP contribution < -0.4 is 5.73 Å². The minimum absolute atomic E-state index is 0.0745. The van der Waals surface area contributed by atoms with Gasteiger partial charge >= 0.3 is 0 Å². The summed E-state index contributed by atoms with van der Waals surface area (Å²) in [5.74, 6) is 1.69. The molecule has 0 aliphatic carbocycles. The van der Waals surface area contributed by atoms with E-state index in [2.05, 4.69) is 25.7 Å². The molecular weight excluding hydrogens is 268 g/mol. The van der Waals surface area contributed by atoms with Gasteiger partial charge in [0.1, 0.15) is 5.37 Å². The summed E-state index contributed by atoms with van der Waals surface area (Å²) < 4.78 is 23.5. The molecule has 1 aliphatic rings. The molecule has 0 aromatic rings. The standard InChI is InChI=1S/C12H26N2O2S2/c1-12(2,3)10(13)5-6-14-7-8-17-9-11(14)18(4,15)16/h10-11H,5-9,13H2,1-4H3. The van der Waals surface area contributed by atoms with Gasteiger partial charge in [0.2, 0.25) is 0 Å². The van der Waals surface area contributed by atoms with Crippen LogP contribution in [0, 0.1) is 5.41 Å². The van der Waals surface area contributed by atoms with Gasteiger partial charge in [0.15, 0.2) is 9.84 Å². The summed E-state index contributed by atoms with van der Waals surface area (Å²) in [7, 11) is -2.99. The fraction of sp³-hybridized carbons (Fsp3) is 1.00. The largest absolute Gasteiger partial charge is 0.327 e. The third-order valence-corrected chi connectivity index (χ3v) is 6.21. The molecule has 1 aliphatic heterocycles. The van der Waals surface area contributed by atoms with E-state index in [1.165, 1.54) is 6.26 Å². The Bertz CT molecular complexity index is 363. The number of hydrogen-bond donors (Lipinski definition) is 1. The van der Waals surface area contributed by atoms with Gasteiger partial charge < -0.3 is 5.73 Å². The van der Waals surface area contributed by atoms with E-state index in [4.69, 9.17) is 5.73 Å². The molecule has 1 saturated heterocycles. The van der Waals surface area contributed by atoms with Gasteiger partial charge in [-0.1, -0.05) is 20.8 Å². The molecule has 0 amide bonds. The Kier molecular flexibility index (Phi) is 5.53. The van der Waals surface area contributed by atoms with Gasteiger partial charge in [-0.3, -0.25) is 4.90 Å². The Balaban J connectivity index is 2.59. The van der Waals surface area contributed by atoms with E-state index in [1.807, 2.05) is 0 Å². The maximum Gasteiger partial charge on any atom is 0.164 e. The van der Waals surface area contributed by atoms with E-state index in [0.717, 1.165) is 25.3 Å². The SMILES string of the molecule is CC(C)(C)C(N)CCN1CCSCC1S(C)(=O)=O. The van der Waals surface area contributed by atoms with Gasteiger partial charge in [0, 0.05) is 36.9 Å². The summed E-state index contributed by atoms with van der Waals surface area (Å²) in [4.78, 5) is 2.08. The summed E-state index contributed by atoms with van der Waals surface area (Å²) in [6.07, 6.45) is 2.18. The number of thioether (sulfide) groups is 1. The Hall–Kier alpha value is 0.220. The quantitative estimate of drug-likeness (QED) is 0.843. The second-order valence-corrected chi connectivity index (χ2v) is 9.51. The van der Waals surface area contributed by atoms with E-state index < -0.39 is 9.84 Å². The van der Waals surface area contributed by atoms with Crippen molar-refractivity contribution in [2.75, 3.05) is 30.9 Å². The molecule has 2 unspecified atom stereocenters. The van der Waals surface area contributed by atoms with Crippen LogP contribution in [-0.2, 0) is 9.84 Å². The highest BCUT2D eigenvalue weighted by Crippen LogP contribution is 2.23. The number of nitrogens with zero attached hydrogens (tertiary/aromatic N) is 1. The Morgan fingerprint density at radius 1 is 1.44 bits per heavy atom. The second-order valence-electron chi connectivity index (χ2n) is 6.16. The highest BCUT2D eigenvalue weighted by molar-refractivity contribution is 8.00. The first-order chi connectivity index (χ1) is 8.12. The minimum Gasteiger partial charge on any atom is -0.327 e. The van der Waals surface area contributed by atoms with Crippen LogP contribution in [0.25, 0.3) is 0 Å². The number of nitrogens with two attached hydrogens (primary N) is 1. The molecule has 0 aromatic carbocycles. The zero-order valence-electron chi connectivity index (χ0n) is 11.8. The lowest BCUT2D eigenvalue weighted by molar-refractivity contribution is 0.225. The van der Waals surface area contributed by atoms with Gasteiger partial charge in [-0.15, -0.1) is 0 Å². The topological polar surface area (TPSA) is 63.4 Å². The molecule has 0 spiro atoms. The first kappa shape index (κ1) is 16.3. The fourth-order valence-electron chi connectivity index (χ4n) is 2.00. The van der Waals surface area contributed by atoms with Crippen molar-refractivity contribution < 1.29 is 8.42 Å². The predicted octanol–water partition coefficient (Wildman–Crippen LogP) is 1.17. The maximum absolute atomic E-state index is 11.8. The maximum atomic E-state index is 11.8. The van der Waals surface area contributed by atoms with Crippen LogP contribution in [-0.4, -0.2) is 55.6 Å². The van der Waals surface area contributed by atoms with Crippen LogP contribution in [0.4, 0.5) is 0 Å². The van der Waals surface area contributed by atoms with E-state index in [0.29, 0.717) is 5.75 Å². The van der Waals surface area contributed by atoms with Crippen molar-refractivity contribution in [1.29, 1.82) is 0 Å². The smallest absolute Gasteiger partial charge is 0.164 e. The monoisotopic (exact) mass is 294 g/mol. The van der Waals surface area contributed by atoms with Crippen molar-refractivity contribution in [2.24, 2.45) is 11.1 Å². The average Bonchev–Trinajstić information content (AvgIpc) is 2.23. The van der Waals surface area contributed by atoms with Crippen molar-refractivity contribution in [2.45, 2.75) is 38.6 Å². The second kappa shape index (κ2) is 6.11. The lowest BCUT2D eigenvalue weighted by Gasteiger charge is -2.36. The zero-order chi connectivity index (χ0) is 14.0. The molecule has 2 N–H and O–H groups in total. The highest BCUT2D eigenvalue weighted by atomic mass is 32.2. The molecule has 1 rings (SSSR count). The molecule has 0 aromatic heterocycles. The Morgan fingerprint density at radius 3 is 2.56 bits per heavy atom. The fourth-order valence-corrected chi connectivity index (χ4v) is 4.98. The molecule has 18 heavy (non-hydrogen) atoms. The predicted molar refractivity (Wildman–Crippen MR) is 79.6 cm³/mol. The van der Waals surface area contributed by atoms with Crippen LogP contribution in [0.15, 0.2) is 0 Å². The number of rotatable bonds is 4. The zero-order valence-corrected chi connectivity index (χ0v) is 13.5. The molecule has 2 atom stereocenters. The van der Waals surface area contributed by atoms with Gasteiger partial charge in [0.25, 0.3) is 0 Å². The summed E-state index contributed by atoms with van der Waals surface area (Å²) in [6.45, 7) is 7.99. The van der Waals surface area contributed by atoms with Gasteiger partial charge in [0.05, 0.1) is 0 Å². The van der Waals surface area contributed by atoms with Crippen molar-refractivity contribution in [3.63, 3.8) is 0 Å². The molecule has 0 saturated carbocycles. The summed E-state index contributed by atoms with van der Waals surface area (Å²) in [5.41, 5.74) is 6.22. The lowest BCUT2D eigenvalue weighted by Crippen LogP contribution is -2.49. The van der Waals surface area contributed by atoms with Gasteiger partial charge in [-0.2, -0.15) is 11.8 Å². The van der Waals surface area contributed by atoms with E-state index in [9.17, 15) is 8.42 Å². The van der Waals surface area contributed by atoms with E-state index in [-0.39, 0.29) is 16.8 Å². The lowest BCUT2D eigenvalue weighted by atomic mass is 9.85. The molecular formula is C12H26N2O2S2. The Morgan fingerprint density at radius 2 is 2.06 bits per heavy atom. The minimum atomic E-state index is -2.99. The third kappa shape index (κ3) is 4.72. The molecule has 0 radical (unpaired) electrons. The highest BCUT2D eigenvalue weighted by Gasteiger charge is 2.31. The summed E-state index contributed by atoms with van der Waals surface area (Å²) in [5, 5.41) is -0.330. The molecule has 1 heterocycles. The van der Waals surface area contributed by atoms with Crippen LogP contribution in [0.1, 0.15) is 27.2 Å². The van der Waals surface area contributed by atoms with Crippen molar-refractivity contribution >= 4 is 21.6 Å². The molecule has 108 valence electrons.